The topological polar surface area (TPSA) is 69.4 Å². The molecule has 17 heavy (non-hydrogen) atoms. The van der Waals surface area contributed by atoms with Crippen molar-refractivity contribution in [3.8, 4) is 0 Å². The summed E-state index contributed by atoms with van der Waals surface area (Å²) < 4.78 is 18.2. The van der Waals surface area contributed by atoms with Gasteiger partial charge in [0.25, 0.3) is 5.69 Å². The first-order chi connectivity index (χ1) is 7.97. The lowest BCUT2D eigenvalue weighted by atomic mass is 10.1. The number of rotatable bonds is 4. The largest absolute Gasteiger partial charge is 0.466 e. The van der Waals surface area contributed by atoms with Crippen LogP contribution in [-0.4, -0.2) is 17.5 Å². The number of halogens is 2. The van der Waals surface area contributed by atoms with Crippen LogP contribution in [0.5, 0.6) is 0 Å². The van der Waals surface area contributed by atoms with Crippen LogP contribution in [0.4, 0.5) is 10.1 Å². The van der Waals surface area contributed by atoms with Crippen LogP contribution < -0.4 is 0 Å². The fourth-order valence-electron chi connectivity index (χ4n) is 1.31. The van der Waals surface area contributed by atoms with Crippen LogP contribution in [0.25, 0.3) is 0 Å². The van der Waals surface area contributed by atoms with Crippen LogP contribution in [0.3, 0.4) is 0 Å². The monoisotopic (exact) mass is 305 g/mol. The lowest BCUT2D eigenvalue weighted by Gasteiger charge is -2.05. The van der Waals surface area contributed by atoms with E-state index in [0.717, 1.165) is 6.07 Å². The van der Waals surface area contributed by atoms with Crippen LogP contribution in [0.1, 0.15) is 12.5 Å². The molecule has 0 spiro atoms. The summed E-state index contributed by atoms with van der Waals surface area (Å²) in [5.74, 6) is -1.50. The van der Waals surface area contributed by atoms with Gasteiger partial charge in [0.15, 0.2) is 0 Å². The van der Waals surface area contributed by atoms with Gasteiger partial charge in [0, 0.05) is 0 Å². The summed E-state index contributed by atoms with van der Waals surface area (Å²) in [6, 6.07) is 2.29. The molecule has 1 aromatic rings. The Balaban J connectivity index is 3.16. The first-order valence-electron chi connectivity index (χ1n) is 4.74. The fourth-order valence-corrected chi connectivity index (χ4v) is 1.82. The molecule has 0 unspecified atom stereocenters. The highest BCUT2D eigenvalue weighted by molar-refractivity contribution is 9.10. The van der Waals surface area contributed by atoms with Gasteiger partial charge in [0.1, 0.15) is 5.82 Å². The second kappa shape index (κ2) is 5.72. The average Bonchev–Trinajstić information content (AvgIpc) is 2.23. The number of hydrogen-bond acceptors (Lipinski definition) is 4. The van der Waals surface area contributed by atoms with Gasteiger partial charge in [-0.05, 0) is 35.0 Å². The zero-order valence-electron chi connectivity index (χ0n) is 8.91. The fraction of sp³-hybridized carbons (Fsp3) is 0.300. The van der Waals surface area contributed by atoms with Crippen molar-refractivity contribution >= 4 is 27.6 Å². The predicted molar refractivity (Wildman–Crippen MR) is 61.1 cm³/mol. The minimum Gasteiger partial charge on any atom is -0.466 e. The van der Waals surface area contributed by atoms with E-state index in [-0.39, 0.29) is 16.6 Å². The molecule has 0 radical (unpaired) electrons. The summed E-state index contributed by atoms with van der Waals surface area (Å²) in [6.45, 7) is 1.74. The molecule has 1 aromatic carbocycles. The van der Waals surface area contributed by atoms with Crippen LogP contribution >= 0.6 is 15.9 Å². The van der Waals surface area contributed by atoms with Crippen molar-refractivity contribution in [2.45, 2.75) is 13.3 Å². The van der Waals surface area contributed by atoms with Gasteiger partial charge in [0.05, 0.1) is 28.0 Å². The standard InChI is InChI=1S/C10H9BrFNO4/c1-2-17-9(14)5-6-8(12)4-3-7(11)10(6)13(15)16/h3-4H,2,5H2,1H3. The number of hydrogen-bond donors (Lipinski definition) is 0. The molecular weight excluding hydrogens is 297 g/mol. The van der Waals surface area contributed by atoms with E-state index in [1.807, 2.05) is 0 Å². The highest BCUT2D eigenvalue weighted by Gasteiger charge is 2.24. The van der Waals surface area contributed by atoms with Crippen molar-refractivity contribution in [1.82, 2.24) is 0 Å². The van der Waals surface area contributed by atoms with Gasteiger partial charge in [-0.15, -0.1) is 0 Å². The van der Waals surface area contributed by atoms with Gasteiger partial charge in [-0.1, -0.05) is 0 Å². The summed E-state index contributed by atoms with van der Waals surface area (Å²) >= 11 is 2.95. The summed E-state index contributed by atoms with van der Waals surface area (Å²) in [6.07, 6.45) is -0.463. The summed E-state index contributed by atoms with van der Waals surface area (Å²) in [5, 5.41) is 10.8. The molecule has 1 rings (SSSR count). The van der Waals surface area contributed by atoms with E-state index in [0.29, 0.717) is 0 Å². The van der Waals surface area contributed by atoms with Gasteiger partial charge >= 0.3 is 5.97 Å². The Labute approximate surface area is 105 Å². The van der Waals surface area contributed by atoms with E-state index in [4.69, 9.17) is 0 Å². The summed E-state index contributed by atoms with van der Waals surface area (Å²) in [7, 11) is 0. The Morgan fingerprint density at radius 1 is 1.59 bits per heavy atom. The maximum absolute atomic E-state index is 13.5. The van der Waals surface area contributed by atoms with E-state index in [1.54, 1.807) is 6.92 Å². The average molecular weight is 306 g/mol. The molecule has 0 aliphatic rings. The van der Waals surface area contributed by atoms with Crippen molar-refractivity contribution in [3.05, 3.63) is 38.1 Å². The number of carbonyl (C=O) groups excluding carboxylic acids is 1. The van der Waals surface area contributed by atoms with Crippen molar-refractivity contribution in [2.24, 2.45) is 0 Å². The van der Waals surface area contributed by atoms with Crippen LogP contribution in [0, 0.1) is 15.9 Å². The molecular formula is C10H9BrFNO4. The SMILES string of the molecule is CCOC(=O)Cc1c(F)ccc(Br)c1[N+](=O)[O-]. The quantitative estimate of drug-likeness (QED) is 0.487. The Bertz CT molecular complexity index is 464. The first kappa shape index (κ1) is 13.6. The molecule has 0 aromatic heterocycles. The lowest BCUT2D eigenvalue weighted by molar-refractivity contribution is -0.386. The molecule has 0 aliphatic heterocycles. The second-order valence-corrected chi connectivity index (χ2v) is 3.95. The number of nitrogens with zero attached hydrogens (tertiary/aromatic N) is 1. The zero-order chi connectivity index (χ0) is 13.0. The van der Waals surface area contributed by atoms with Gasteiger partial charge < -0.3 is 4.74 Å². The van der Waals surface area contributed by atoms with Crippen LogP contribution in [0.2, 0.25) is 0 Å². The normalized spacial score (nSPS) is 10.1. The van der Waals surface area contributed by atoms with Gasteiger partial charge in [-0.3, -0.25) is 14.9 Å². The van der Waals surface area contributed by atoms with Gasteiger partial charge in [-0.2, -0.15) is 0 Å². The van der Waals surface area contributed by atoms with Crippen LogP contribution in [0.15, 0.2) is 16.6 Å². The van der Waals surface area contributed by atoms with E-state index in [1.165, 1.54) is 6.07 Å². The minimum atomic E-state index is -0.798. The molecule has 0 aliphatic carbocycles. The molecule has 0 fully saturated rings. The van der Waals surface area contributed by atoms with Crippen LogP contribution in [-0.2, 0) is 16.0 Å². The smallest absolute Gasteiger partial charge is 0.310 e. The van der Waals surface area contributed by atoms with Gasteiger partial charge in [0.2, 0.25) is 0 Å². The number of benzene rings is 1. The van der Waals surface area contributed by atoms with E-state index in [9.17, 15) is 19.3 Å². The number of nitro benzene ring substituents is 1. The molecule has 0 saturated carbocycles. The van der Waals surface area contributed by atoms with E-state index in [2.05, 4.69) is 20.7 Å². The highest BCUT2D eigenvalue weighted by atomic mass is 79.9. The maximum atomic E-state index is 13.5. The Morgan fingerprint density at radius 3 is 2.76 bits per heavy atom. The Hall–Kier alpha value is -1.50. The highest BCUT2D eigenvalue weighted by Crippen LogP contribution is 2.31. The van der Waals surface area contributed by atoms with Gasteiger partial charge in [-0.25, -0.2) is 4.39 Å². The van der Waals surface area contributed by atoms with Crippen molar-refractivity contribution < 1.29 is 18.8 Å². The molecule has 0 heterocycles. The van der Waals surface area contributed by atoms with Crippen molar-refractivity contribution in [2.75, 3.05) is 6.61 Å². The zero-order valence-corrected chi connectivity index (χ0v) is 10.5. The Morgan fingerprint density at radius 2 is 2.24 bits per heavy atom. The molecule has 0 amide bonds. The molecule has 0 bridgehead atoms. The first-order valence-corrected chi connectivity index (χ1v) is 5.53. The molecule has 0 saturated heterocycles. The maximum Gasteiger partial charge on any atom is 0.310 e. The van der Waals surface area contributed by atoms with E-state index >= 15 is 0 Å². The number of esters is 1. The summed E-state index contributed by atoms with van der Waals surface area (Å²) in [5.41, 5.74) is -0.721. The Kier molecular flexibility index (Phi) is 4.56. The van der Waals surface area contributed by atoms with E-state index < -0.39 is 28.8 Å². The molecule has 0 atom stereocenters. The third-order valence-corrected chi connectivity index (χ3v) is 2.63. The van der Waals surface area contributed by atoms with Crippen molar-refractivity contribution in [3.63, 3.8) is 0 Å². The minimum absolute atomic E-state index is 0.128. The molecule has 7 heteroatoms. The molecule has 92 valence electrons. The third-order valence-electron chi connectivity index (χ3n) is 1.99. The third kappa shape index (κ3) is 3.23. The second-order valence-electron chi connectivity index (χ2n) is 3.10. The lowest BCUT2D eigenvalue weighted by Crippen LogP contribution is -2.11. The van der Waals surface area contributed by atoms with Crippen molar-refractivity contribution in [1.29, 1.82) is 0 Å². The number of nitro groups is 1. The molecule has 5 nitrogen and oxygen atoms in total. The number of carbonyl (C=O) groups is 1. The number of ether oxygens (including phenoxy) is 1. The predicted octanol–water partition coefficient (Wildman–Crippen LogP) is 2.60. The molecule has 0 N–H and O–H groups in total. The summed E-state index contributed by atoms with van der Waals surface area (Å²) in [4.78, 5) is 21.3.